The van der Waals surface area contributed by atoms with E-state index in [9.17, 15) is 22.4 Å². The van der Waals surface area contributed by atoms with E-state index in [0.29, 0.717) is 19.4 Å². The molecule has 2 aliphatic rings. The van der Waals surface area contributed by atoms with E-state index in [-0.39, 0.29) is 42.1 Å². The molecule has 2 heterocycles. The molecule has 2 aliphatic heterocycles. The summed E-state index contributed by atoms with van der Waals surface area (Å²) in [6.07, 6.45) is 0.635. The molecule has 0 N–H and O–H groups in total. The van der Waals surface area contributed by atoms with Crippen LogP contribution in [0.3, 0.4) is 0 Å². The molecular weight excluding hydrogens is 427 g/mol. The second kappa shape index (κ2) is 8.95. The van der Waals surface area contributed by atoms with Crippen molar-refractivity contribution in [2.75, 3.05) is 40.0 Å². The molecule has 11 heteroatoms. The third-order valence-corrected chi connectivity index (χ3v) is 7.40. The first kappa shape index (κ1) is 21.9. The van der Waals surface area contributed by atoms with Crippen molar-refractivity contribution in [1.29, 1.82) is 0 Å². The second-order valence-corrected chi connectivity index (χ2v) is 9.24. The van der Waals surface area contributed by atoms with Gasteiger partial charge in [0.2, 0.25) is 15.9 Å². The highest BCUT2D eigenvalue weighted by atomic mass is 35.5. The van der Waals surface area contributed by atoms with E-state index >= 15 is 0 Å². The summed E-state index contributed by atoms with van der Waals surface area (Å²) in [5, 5.41) is -0.266. The van der Waals surface area contributed by atoms with Gasteiger partial charge in [-0.25, -0.2) is 17.6 Å². The normalized spacial score (nSPS) is 21.8. The lowest BCUT2D eigenvalue weighted by Crippen LogP contribution is -2.55. The molecule has 1 aromatic rings. The fraction of sp³-hybridized carbons (Fsp3) is 0.556. The monoisotopic (exact) mass is 448 g/mol. The number of benzene rings is 1. The summed E-state index contributed by atoms with van der Waals surface area (Å²) in [5.41, 5.74) is 0. The van der Waals surface area contributed by atoms with Crippen molar-refractivity contribution in [3.63, 3.8) is 0 Å². The lowest BCUT2D eigenvalue weighted by Gasteiger charge is -2.38. The number of piperidine rings is 1. The third kappa shape index (κ3) is 4.55. The van der Waals surface area contributed by atoms with Gasteiger partial charge >= 0.3 is 5.97 Å². The van der Waals surface area contributed by atoms with Gasteiger partial charge in [-0.15, -0.1) is 0 Å². The maximum absolute atomic E-state index is 13.3. The number of hydrogen-bond donors (Lipinski definition) is 0. The Hall–Kier alpha value is -1.75. The van der Waals surface area contributed by atoms with Gasteiger partial charge in [0.15, 0.2) is 6.04 Å². The van der Waals surface area contributed by atoms with Crippen LogP contribution in [0.4, 0.5) is 4.39 Å². The number of hydrogen-bond acceptors (Lipinski definition) is 6. The van der Waals surface area contributed by atoms with Crippen molar-refractivity contribution in [2.45, 2.75) is 23.8 Å². The van der Waals surface area contributed by atoms with Crippen LogP contribution in [0.1, 0.15) is 12.8 Å². The summed E-state index contributed by atoms with van der Waals surface area (Å²) < 4.78 is 50.2. The standard InChI is InChI=1S/C18H22ClFN2O6S/c1-27-18(24)16-11-28-9-8-22(16)17(23)12-4-6-21(7-5-12)29(25,26)13-2-3-15(20)14(19)10-13/h2-3,10,12,16H,4-9,11H2,1H3/t16-/m1/s1. The highest BCUT2D eigenvalue weighted by Gasteiger charge is 2.39. The largest absolute Gasteiger partial charge is 0.467 e. The third-order valence-electron chi connectivity index (χ3n) is 5.22. The topological polar surface area (TPSA) is 93.2 Å². The number of nitrogens with zero attached hydrogens (tertiary/aromatic N) is 2. The molecule has 2 saturated heterocycles. The van der Waals surface area contributed by atoms with E-state index in [4.69, 9.17) is 21.1 Å². The molecule has 2 fully saturated rings. The number of amides is 1. The number of methoxy groups -OCH3 is 1. The maximum Gasteiger partial charge on any atom is 0.331 e. The Balaban J connectivity index is 1.67. The zero-order chi connectivity index (χ0) is 21.2. The van der Waals surface area contributed by atoms with Crippen molar-refractivity contribution in [3.05, 3.63) is 29.0 Å². The number of halogens is 2. The summed E-state index contributed by atoms with van der Waals surface area (Å²) in [5.74, 6) is -1.83. The Bertz CT molecular complexity index is 888. The Morgan fingerprint density at radius 1 is 1.24 bits per heavy atom. The van der Waals surface area contributed by atoms with Crippen molar-refractivity contribution in [1.82, 2.24) is 9.21 Å². The van der Waals surface area contributed by atoms with Crippen LogP contribution >= 0.6 is 11.6 Å². The molecule has 1 aromatic carbocycles. The summed E-state index contributed by atoms with van der Waals surface area (Å²) in [4.78, 5) is 26.2. The molecule has 8 nitrogen and oxygen atoms in total. The molecule has 0 saturated carbocycles. The molecule has 0 bridgehead atoms. The quantitative estimate of drug-likeness (QED) is 0.644. The summed E-state index contributed by atoms with van der Waals surface area (Å²) in [7, 11) is -2.59. The molecule has 0 aliphatic carbocycles. The molecule has 160 valence electrons. The summed E-state index contributed by atoms with van der Waals surface area (Å²) in [6.45, 7) is 0.974. The molecule has 3 rings (SSSR count). The Morgan fingerprint density at radius 2 is 1.93 bits per heavy atom. The fourth-order valence-corrected chi connectivity index (χ4v) is 5.30. The van der Waals surface area contributed by atoms with Crippen LogP contribution in [0.15, 0.2) is 23.1 Å². The number of morpholine rings is 1. The fourth-order valence-electron chi connectivity index (χ4n) is 3.56. The average Bonchev–Trinajstić information content (AvgIpc) is 2.74. The Kier molecular flexibility index (Phi) is 6.77. The predicted molar refractivity (Wildman–Crippen MR) is 101 cm³/mol. The Morgan fingerprint density at radius 3 is 2.55 bits per heavy atom. The molecule has 0 spiro atoms. The molecule has 1 atom stereocenters. The number of sulfonamides is 1. The van der Waals surface area contributed by atoms with Gasteiger partial charge in [-0.1, -0.05) is 11.6 Å². The minimum absolute atomic E-state index is 0.0803. The van der Waals surface area contributed by atoms with Crippen LogP contribution in [0, 0.1) is 11.7 Å². The van der Waals surface area contributed by atoms with Crippen LogP contribution in [0.2, 0.25) is 5.02 Å². The van der Waals surface area contributed by atoms with Crippen LogP contribution < -0.4 is 0 Å². The van der Waals surface area contributed by atoms with Gasteiger partial charge in [0.25, 0.3) is 0 Å². The number of carbonyl (C=O) groups is 2. The van der Waals surface area contributed by atoms with Crippen LogP contribution in [0.5, 0.6) is 0 Å². The average molecular weight is 449 g/mol. The van der Waals surface area contributed by atoms with Crippen LogP contribution in [-0.2, 0) is 29.1 Å². The van der Waals surface area contributed by atoms with E-state index in [1.165, 1.54) is 22.4 Å². The minimum atomic E-state index is -3.84. The summed E-state index contributed by atoms with van der Waals surface area (Å²) in [6, 6.07) is 2.47. The van der Waals surface area contributed by atoms with Crippen molar-refractivity contribution >= 4 is 33.5 Å². The lowest BCUT2D eigenvalue weighted by molar-refractivity contribution is -0.163. The van der Waals surface area contributed by atoms with Crippen LogP contribution in [-0.4, -0.2) is 75.5 Å². The SMILES string of the molecule is COC(=O)[C@H]1COCCN1C(=O)C1CCN(S(=O)(=O)c2ccc(F)c(Cl)c2)CC1. The van der Waals surface area contributed by atoms with Gasteiger partial charge < -0.3 is 14.4 Å². The van der Waals surface area contributed by atoms with Crippen molar-refractivity contribution < 1.29 is 31.9 Å². The molecule has 29 heavy (non-hydrogen) atoms. The van der Waals surface area contributed by atoms with Gasteiger partial charge in [0.1, 0.15) is 5.82 Å². The molecule has 0 aromatic heterocycles. The van der Waals surface area contributed by atoms with Gasteiger partial charge in [0, 0.05) is 25.6 Å². The molecule has 0 unspecified atom stereocenters. The summed E-state index contributed by atoms with van der Waals surface area (Å²) >= 11 is 5.70. The van der Waals surface area contributed by atoms with Gasteiger partial charge in [0.05, 0.1) is 30.2 Å². The van der Waals surface area contributed by atoms with Crippen LogP contribution in [0.25, 0.3) is 0 Å². The van der Waals surface area contributed by atoms with E-state index in [1.54, 1.807) is 0 Å². The first-order valence-corrected chi connectivity index (χ1v) is 11.0. The van der Waals surface area contributed by atoms with Gasteiger partial charge in [-0.3, -0.25) is 4.79 Å². The lowest BCUT2D eigenvalue weighted by atomic mass is 9.95. The highest BCUT2D eigenvalue weighted by Crippen LogP contribution is 2.28. The van der Waals surface area contributed by atoms with Crippen molar-refractivity contribution in [2.24, 2.45) is 5.92 Å². The van der Waals surface area contributed by atoms with Crippen molar-refractivity contribution in [3.8, 4) is 0 Å². The predicted octanol–water partition coefficient (Wildman–Crippen LogP) is 1.28. The zero-order valence-corrected chi connectivity index (χ0v) is 17.4. The van der Waals surface area contributed by atoms with Gasteiger partial charge in [-0.05, 0) is 31.0 Å². The first-order valence-electron chi connectivity index (χ1n) is 9.17. The smallest absolute Gasteiger partial charge is 0.331 e. The molecular formula is C18H22ClFN2O6S. The number of ether oxygens (including phenoxy) is 2. The second-order valence-electron chi connectivity index (χ2n) is 6.90. The molecule has 0 radical (unpaired) electrons. The zero-order valence-electron chi connectivity index (χ0n) is 15.8. The Labute approximate surface area is 173 Å². The molecule has 1 amide bonds. The minimum Gasteiger partial charge on any atom is -0.467 e. The number of rotatable bonds is 4. The maximum atomic E-state index is 13.3. The first-order chi connectivity index (χ1) is 13.8. The number of carbonyl (C=O) groups excluding carboxylic acids is 2. The highest BCUT2D eigenvalue weighted by molar-refractivity contribution is 7.89. The van der Waals surface area contributed by atoms with Gasteiger partial charge in [-0.2, -0.15) is 4.31 Å². The number of esters is 1. The van der Waals surface area contributed by atoms with E-state index < -0.39 is 33.8 Å². The van der Waals surface area contributed by atoms with E-state index in [0.717, 1.165) is 12.1 Å². The van der Waals surface area contributed by atoms with E-state index in [2.05, 4.69) is 0 Å². The van der Waals surface area contributed by atoms with E-state index in [1.807, 2.05) is 0 Å².